The first-order chi connectivity index (χ1) is 8.22. The number of rotatable bonds is 4. The van der Waals surface area contributed by atoms with Crippen LogP contribution in [0.4, 0.5) is 0 Å². The van der Waals surface area contributed by atoms with E-state index in [9.17, 15) is 9.59 Å². The average Bonchev–Trinajstić information content (AvgIpc) is 2.76. The van der Waals surface area contributed by atoms with Gasteiger partial charge < -0.3 is 14.7 Å². The Labute approximate surface area is 96.7 Å². The highest BCUT2D eigenvalue weighted by Gasteiger charge is 2.17. The molecule has 0 radical (unpaired) electrons. The number of aromatic nitrogens is 3. The normalized spacial score (nSPS) is 10.2. The van der Waals surface area contributed by atoms with E-state index in [0.717, 1.165) is 0 Å². The number of hydrogen-bond acceptors (Lipinski definition) is 4. The van der Waals surface area contributed by atoms with Crippen molar-refractivity contribution < 1.29 is 9.53 Å². The van der Waals surface area contributed by atoms with Gasteiger partial charge in [0.15, 0.2) is 5.69 Å². The second kappa shape index (κ2) is 4.65. The molecule has 2 rings (SSSR count). The molecule has 0 aliphatic carbocycles. The van der Waals surface area contributed by atoms with E-state index in [1.165, 1.54) is 12.4 Å². The van der Waals surface area contributed by atoms with Crippen LogP contribution in [0, 0.1) is 0 Å². The van der Waals surface area contributed by atoms with E-state index in [0.29, 0.717) is 12.4 Å². The van der Waals surface area contributed by atoms with Crippen molar-refractivity contribution in [2.24, 2.45) is 0 Å². The lowest BCUT2D eigenvalue weighted by Crippen LogP contribution is -2.10. The molecule has 0 aliphatic rings. The molecule has 2 aromatic rings. The van der Waals surface area contributed by atoms with E-state index in [1.807, 2.05) is 6.92 Å². The van der Waals surface area contributed by atoms with Crippen LogP contribution in [0.5, 0.6) is 5.75 Å². The average molecular weight is 233 g/mol. The van der Waals surface area contributed by atoms with E-state index in [-0.39, 0.29) is 17.2 Å². The lowest BCUT2D eigenvalue weighted by Gasteiger charge is -2.06. The van der Waals surface area contributed by atoms with Gasteiger partial charge in [-0.1, -0.05) is 0 Å². The smallest absolute Gasteiger partial charge is 0.323 e. The van der Waals surface area contributed by atoms with Crippen LogP contribution < -0.4 is 10.4 Å². The molecule has 0 aromatic carbocycles. The Morgan fingerprint density at radius 1 is 1.53 bits per heavy atom. The summed E-state index contributed by atoms with van der Waals surface area (Å²) in [6.45, 7) is 2.26. The summed E-state index contributed by atoms with van der Waals surface area (Å²) in [5, 5.41) is 0. The number of aromatic amines is 2. The van der Waals surface area contributed by atoms with E-state index in [4.69, 9.17) is 4.74 Å². The number of carbonyl (C=O) groups is 1. The maximum atomic E-state index is 12.0. The standard InChI is InChI=1S/C11H11N3O3/c1-2-17-8-4-3-5-12-9(8)10(15)7-6-13-11(16)14-7/h3-6H,2H2,1H3,(H2,13,14,16). The second-order valence-electron chi connectivity index (χ2n) is 3.27. The van der Waals surface area contributed by atoms with Gasteiger partial charge in [0.2, 0.25) is 5.78 Å². The van der Waals surface area contributed by atoms with Crippen LogP contribution in [0.3, 0.4) is 0 Å². The Morgan fingerprint density at radius 2 is 2.35 bits per heavy atom. The summed E-state index contributed by atoms with van der Waals surface area (Å²) in [6, 6.07) is 3.34. The molecule has 6 nitrogen and oxygen atoms in total. The van der Waals surface area contributed by atoms with Crippen LogP contribution in [0.15, 0.2) is 29.3 Å². The largest absolute Gasteiger partial charge is 0.491 e. The van der Waals surface area contributed by atoms with E-state index < -0.39 is 5.69 Å². The van der Waals surface area contributed by atoms with Gasteiger partial charge in [-0.3, -0.25) is 4.79 Å². The van der Waals surface area contributed by atoms with E-state index in [2.05, 4.69) is 15.0 Å². The summed E-state index contributed by atoms with van der Waals surface area (Å²) in [7, 11) is 0. The molecule has 0 fully saturated rings. The molecule has 0 amide bonds. The molecule has 0 aliphatic heterocycles. The molecule has 0 spiro atoms. The minimum atomic E-state index is -0.428. The third kappa shape index (κ3) is 2.25. The van der Waals surface area contributed by atoms with Gasteiger partial charge in [-0.15, -0.1) is 0 Å². The summed E-state index contributed by atoms with van der Waals surface area (Å²) in [5.74, 6) is 0.0226. The zero-order valence-electron chi connectivity index (χ0n) is 9.19. The van der Waals surface area contributed by atoms with E-state index >= 15 is 0 Å². The molecule has 0 saturated carbocycles. The third-order valence-corrected chi connectivity index (χ3v) is 2.13. The monoisotopic (exact) mass is 233 g/mol. The van der Waals surface area contributed by atoms with Crippen molar-refractivity contribution in [3.63, 3.8) is 0 Å². The Bertz CT molecular complexity index is 585. The Hall–Kier alpha value is -2.37. The minimum Gasteiger partial charge on any atom is -0.491 e. The quantitative estimate of drug-likeness (QED) is 0.762. The van der Waals surface area contributed by atoms with Crippen molar-refractivity contribution >= 4 is 5.78 Å². The first-order valence-electron chi connectivity index (χ1n) is 5.12. The molecule has 0 bridgehead atoms. The maximum Gasteiger partial charge on any atom is 0.323 e. The number of nitrogens with one attached hydrogen (secondary N) is 2. The van der Waals surface area contributed by atoms with Crippen LogP contribution in [0.25, 0.3) is 0 Å². The number of H-pyrrole nitrogens is 2. The van der Waals surface area contributed by atoms with Crippen molar-refractivity contribution in [2.45, 2.75) is 6.92 Å². The summed E-state index contributed by atoms with van der Waals surface area (Å²) in [6.07, 6.45) is 2.82. The minimum absolute atomic E-state index is 0.162. The fourth-order valence-electron chi connectivity index (χ4n) is 1.42. The number of carbonyl (C=O) groups excluding carboxylic acids is 1. The highest BCUT2D eigenvalue weighted by atomic mass is 16.5. The Balaban J connectivity index is 2.40. The molecule has 0 atom stereocenters. The predicted molar refractivity (Wildman–Crippen MR) is 60.3 cm³/mol. The summed E-state index contributed by atoms with van der Waals surface area (Å²) in [4.78, 5) is 31.7. The van der Waals surface area contributed by atoms with Gasteiger partial charge in [0.25, 0.3) is 0 Å². The number of imidazole rings is 1. The molecule has 88 valence electrons. The highest BCUT2D eigenvalue weighted by molar-refractivity contribution is 6.07. The van der Waals surface area contributed by atoms with Crippen molar-refractivity contribution in [2.75, 3.05) is 6.61 Å². The number of hydrogen-bond donors (Lipinski definition) is 2. The van der Waals surface area contributed by atoms with Crippen LogP contribution in [-0.4, -0.2) is 27.3 Å². The molecule has 0 unspecified atom stereocenters. The van der Waals surface area contributed by atoms with Crippen molar-refractivity contribution in [3.8, 4) is 5.75 Å². The lowest BCUT2D eigenvalue weighted by atomic mass is 10.2. The van der Waals surface area contributed by atoms with Gasteiger partial charge in [-0.2, -0.15) is 0 Å². The molecule has 2 heterocycles. The first-order valence-corrected chi connectivity index (χ1v) is 5.12. The van der Waals surface area contributed by atoms with Gasteiger partial charge in [0.1, 0.15) is 11.4 Å². The second-order valence-corrected chi connectivity index (χ2v) is 3.27. The van der Waals surface area contributed by atoms with Crippen molar-refractivity contribution in [1.29, 1.82) is 0 Å². The molecule has 2 N–H and O–H groups in total. The molecule has 6 heteroatoms. The predicted octanol–water partition coefficient (Wildman–Crippen LogP) is 0.728. The van der Waals surface area contributed by atoms with E-state index in [1.54, 1.807) is 12.1 Å². The Kier molecular flexibility index (Phi) is 3.04. The third-order valence-electron chi connectivity index (χ3n) is 2.13. The van der Waals surface area contributed by atoms with Crippen LogP contribution >= 0.6 is 0 Å². The number of ether oxygens (including phenoxy) is 1. The lowest BCUT2D eigenvalue weighted by molar-refractivity contribution is 0.102. The number of pyridine rings is 1. The summed E-state index contributed by atoms with van der Waals surface area (Å²) >= 11 is 0. The van der Waals surface area contributed by atoms with Crippen molar-refractivity contribution in [3.05, 3.63) is 46.4 Å². The fourth-order valence-corrected chi connectivity index (χ4v) is 1.42. The SMILES string of the molecule is CCOc1cccnc1C(=O)c1c[nH]c(=O)[nH]1. The number of ketones is 1. The van der Waals surface area contributed by atoms with Gasteiger partial charge >= 0.3 is 5.69 Å². The molecule has 0 saturated heterocycles. The number of nitrogens with zero attached hydrogens (tertiary/aromatic N) is 1. The fraction of sp³-hybridized carbons (Fsp3) is 0.182. The van der Waals surface area contributed by atoms with Gasteiger partial charge in [-0.25, -0.2) is 9.78 Å². The molecule has 17 heavy (non-hydrogen) atoms. The first kappa shape index (κ1) is 11.1. The summed E-state index contributed by atoms with van der Waals surface area (Å²) < 4.78 is 5.30. The van der Waals surface area contributed by atoms with Crippen molar-refractivity contribution in [1.82, 2.24) is 15.0 Å². The zero-order chi connectivity index (χ0) is 12.3. The van der Waals surface area contributed by atoms with Crippen LogP contribution in [0.2, 0.25) is 0 Å². The summed E-state index contributed by atoms with van der Waals surface area (Å²) in [5.41, 5.74) is -0.0819. The van der Waals surface area contributed by atoms with Gasteiger partial charge in [0, 0.05) is 12.4 Å². The van der Waals surface area contributed by atoms with Crippen LogP contribution in [-0.2, 0) is 0 Å². The maximum absolute atomic E-state index is 12.0. The topological polar surface area (TPSA) is 87.8 Å². The molecular weight excluding hydrogens is 222 g/mol. The highest BCUT2D eigenvalue weighted by Crippen LogP contribution is 2.17. The van der Waals surface area contributed by atoms with Crippen LogP contribution in [0.1, 0.15) is 23.1 Å². The molecular formula is C11H11N3O3. The van der Waals surface area contributed by atoms with Gasteiger partial charge in [-0.05, 0) is 19.1 Å². The Morgan fingerprint density at radius 3 is 3.00 bits per heavy atom. The molecule has 2 aromatic heterocycles. The zero-order valence-corrected chi connectivity index (χ0v) is 9.19. The van der Waals surface area contributed by atoms with Gasteiger partial charge in [0.05, 0.1) is 6.61 Å².